The van der Waals surface area contributed by atoms with Gasteiger partial charge in [0.15, 0.2) is 10.2 Å². The van der Waals surface area contributed by atoms with Gasteiger partial charge in [0.05, 0.1) is 17.4 Å². The molecular weight excluding hydrogens is 460 g/mol. The quantitative estimate of drug-likeness (QED) is 0.389. The molecule has 134 valence electrons. The summed E-state index contributed by atoms with van der Waals surface area (Å²) < 4.78 is 6.84. The Hall–Kier alpha value is -1.94. The first kappa shape index (κ1) is 18.8. The number of hydrogen-bond donors (Lipinski definition) is 3. The van der Waals surface area contributed by atoms with Crippen LogP contribution in [-0.2, 0) is 0 Å². The Morgan fingerprint density at radius 3 is 2.85 bits per heavy atom. The number of rotatable bonds is 3. The van der Waals surface area contributed by atoms with Crippen molar-refractivity contribution < 1.29 is 9.53 Å². The van der Waals surface area contributed by atoms with Crippen molar-refractivity contribution in [3.05, 3.63) is 51.5 Å². The van der Waals surface area contributed by atoms with E-state index in [4.69, 9.17) is 28.6 Å². The molecule has 0 aliphatic heterocycles. The number of fused-ring (bicyclic) bond motifs is 1. The Balaban J connectivity index is 1.63. The summed E-state index contributed by atoms with van der Waals surface area (Å²) in [6.45, 7) is 0. The molecule has 1 amide bonds. The Bertz CT molecular complexity index is 996. The molecule has 2 aromatic carbocycles. The van der Waals surface area contributed by atoms with E-state index in [1.54, 1.807) is 25.3 Å². The van der Waals surface area contributed by atoms with E-state index >= 15 is 0 Å². The first-order chi connectivity index (χ1) is 12.5. The predicted molar refractivity (Wildman–Crippen MR) is 112 cm³/mol. The van der Waals surface area contributed by atoms with Gasteiger partial charge in [-0.05, 0) is 58.5 Å². The van der Waals surface area contributed by atoms with Crippen molar-refractivity contribution >= 4 is 77.5 Å². The molecule has 10 heteroatoms. The number of nitrogens with one attached hydrogen (secondary N) is 3. The van der Waals surface area contributed by atoms with Gasteiger partial charge in [0.25, 0.3) is 5.91 Å². The van der Waals surface area contributed by atoms with Gasteiger partial charge in [0.2, 0.25) is 0 Å². The van der Waals surface area contributed by atoms with Gasteiger partial charge in [0.1, 0.15) is 11.3 Å². The second-order valence-electron chi connectivity index (χ2n) is 4.98. The maximum Gasteiger partial charge on any atom is 0.270 e. The number of aromatic nitrogens is 1. The SMILES string of the molecule is COc1cccc2sc(NC(=S)NNC(=O)c3ccc(Cl)cc3Br)nc12. The lowest BCUT2D eigenvalue weighted by Gasteiger charge is -2.10. The van der Waals surface area contributed by atoms with E-state index < -0.39 is 0 Å². The average molecular weight is 472 g/mol. The zero-order valence-electron chi connectivity index (χ0n) is 13.3. The Morgan fingerprint density at radius 2 is 2.12 bits per heavy atom. The molecule has 3 N–H and O–H groups in total. The van der Waals surface area contributed by atoms with Crippen LogP contribution in [0.3, 0.4) is 0 Å². The molecule has 0 spiro atoms. The number of amides is 1. The van der Waals surface area contributed by atoms with Crippen LogP contribution in [-0.4, -0.2) is 23.1 Å². The highest BCUT2D eigenvalue weighted by atomic mass is 79.9. The fourth-order valence-electron chi connectivity index (χ4n) is 2.12. The number of benzene rings is 2. The number of carbonyl (C=O) groups is 1. The zero-order chi connectivity index (χ0) is 18.7. The van der Waals surface area contributed by atoms with E-state index in [1.165, 1.54) is 11.3 Å². The lowest BCUT2D eigenvalue weighted by Crippen LogP contribution is -2.43. The molecule has 0 bridgehead atoms. The van der Waals surface area contributed by atoms with Gasteiger partial charge >= 0.3 is 0 Å². The van der Waals surface area contributed by atoms with Gasteiger partial charge in [-0.15, -0.1) is 0 Å². The van der Waals surface area contributed by atoms with Crippen LogP contribution in [0.4, 0.5) is 5.13 Å². The number of halogens is 2. The third kappa shape index (κ3) is 4.24. The highest BCUT2D eigenvalue weighted by molar-refractivity contribution is 9.10. The van der Waals surface area contributed by atoms with Gasteiger partial charge in [-0.2, -0.15) is 0 Å². The summed E-state index contributed by atoms with van der Waals surface area (Å²) in [6.07, 6.45) is 0. The van der Waals surface area contributed by atoms with Gasteiger partial charge in [-0.25, -0.2) is 4.98 Å². The van der Waals surface area contributed by atoms with Crippen molar-refractivity contribution in [3.8, 4) is 5.75 Å². The van der Waals surface area contributed by atoms with Crippen LogP contribution < -0.4 is 20.9 Å². The fourth-order valence-corrected chi connectivity index (χ4v) is 4.09. The second kappa shape index (κ2) is 8.17. The monoisotopic (exact) mass is 470 g/mol. The Labute approximate surface area is 172 Å². The summed E-state index contributed by atoms with van der Waals surface area (Å²) in [7, 11) is 1.60. The van der Waals surface area contributed by atoms with E-state index in [0.29, 0.717) is 25.9 Å². The summed E-state index contributed by atoms with van der Waals surface area (Å²) in [6, 6.07) is 10.6. The lowest BCUT2D eigenvalue weighted by atomic mass is 10.2. The highest BCUT2D eigenvalue weighted by Gasteiger charge is 2.12. The van der Waals surface area contributed by atoms with Crippen molar-refractivity contribution in [3.63, 3.8) is 0 Å². The van der Waals surface area contributed by atoms with Crippen molar-refractivity contribution in [2.45, 2.75) is 0 Å². The number of methoxy groups -OCH3 is 1. The summed E-state index contributed by atoms with van der Waals surface area (Å²) >= 11 is 15.8. The van der Waals surface area contributed by atoms with Crippen LogP contribution in [0.2, 0.25) is 5.02 Å². The van der Waals surface area contributed by atoms with Crippen LogP contribution in [0.1, 0.15) is 10.4 Å². The fraction of sp³-hybridized carbons (Fsp3) is 0.0625. The van der Waals surface area contributed by atoms with E-state index in [1.807, 2.05) is 18.2 Å². The summed E-state index contributed by atoms with van der Waals surface area (Å²) in [4.78, 5) is 16.6. The molecule has 1 aromatic heterocycles. The number of hydrogen-bond acceptors (Lipinski definition) is 5. The number of anilines is 1. The van der Waals surface area contributed by atoms with Crippen LogP contribution >= 0.6 is 51.1 Å². The van der Waals surface area contributed by atoms with Crippen molar-refractivity contribution in [1.82, 2.24) is 15.8 Å². The molecular formula is C16H12BrClN4O2S2. The molecule has 0 radical (unpaired) electrons. The first-order valence-corrected chi connectivity index (χ1v) is 9.63. The largest absolute Gasteiger partial charge is 0.494 e. The minimum Gasteiger partial charge on any atom is -0.494 e. The molecule has 0 unspecified atom stereocenters. The normalized spacial score (nSPS) is 10.4. The minimum atomic E-state index is -0.358. The molecule has 3 rings (SSSR count). The van der Waals surface area contributed by atoms with Crippen LogP contribution in [0.15, 0.2) is 40.9 Å². The van der Waals surface area contributed by atoms with Crippen molar-refractivity contribution in [2.75, 3.05) is 12.4 Å². The molecule has 0 aliphatic rings. The van der Waals surface area contributed by atoms with Crippen molar-refractivity contribution in [2.24, 2.45) is 0 Å². The van der Waals surface area contributed by atoms with Crippen molar-refractivity contribution in [1.29, 1.82) is 0 Å². The Kier molecular flexibility index (Phi) is 5.92. The highest BCUT2D eigenvalue weighted by Crippen LogP contribution is 2.31. The summed E-state index contributed by atoms with van der Waals surface area (Å²) in [5, 5.41) is 4.27. The maximum absolute atomic E-state index is 12.2. The molecule has 3 aromatic rings. The lowest BCUT2D eigenvalue weighted by molar-refractivity contribution is 0.0943. The Morgan fingerprint density at radius 1 is 1.31 bits per heavy atom. The van der Waals surface area contributed by atoms with Crippen LogP contribution in [0.25, 0.3) is 10.2 Å². The average Bonchev–Trinajstić information content (AvgIpc) is 3.01. The minimum absolute atomic E-state index is 0.210. The molecule has 26 heavy (non-hydrogen) atoms. The number of carbonyl (C=O) groups excluding carboxylic acids is 1. The third-order valence-electron chi connectivity index (χ3n) is 3.29. The predicted octanol–water partition coefficient (Wildman–Crippen LogP) is 4.35. The molecule has 6 nitrogen and oxygen atoms in total. The molecule has 0 aliphatic carbocycles. The summed E-state index contributed by atoms with van der Waals surface area (Å²) in [5.41, 5.74) is 6.34. The number of nitrogens with zero attached hydrogens (tertiary/aromatic N) is 1. The van der Waals surface area contributed by atoms with E-state index in [-0.39, 0.29) is 11.0 Å². The molecule has 0 saturated carbocycles. The van der Waals surface area contributed by atoms with Crippen LogP contribution in [0, 0.1) is 0 Å². The van der Waals surface area contributed by atoms with Crippen LogP contribution in [0.5, 0.6) is 5.75 Å². The number of para-hydroxylation sites is 1. The van der Waals surface area contributed by atoms with Gasteiger partial charge in [-0.1, -0.05) is 29.0 Å². The van der Waals surface area contributed by atoms with E-state index in [0.717, 1.165) is 10.2 Å². The van der Waals surface area contributed by atoms with E-state index in [2.05, 4.69) is 37.1 Å². The number of ether oxygens (including phenoxy) is 1. The second-order valence-corrected chi connectivity index (χ2v) is 7.71. The van der Waals surface area contributed by atoms with Gasteiger partial charge in [-0.3, -0.25) is 15.6 Å². The number of hydrazine groups is 1. The third-order valence-corrected chi connectivity index (χ3v) is 5.32. The topological polar surface area (TPSA) is 75.3 Å². The zero-order valence-corrected chi connectivity index (χ0v) is 17.3. The number of thiocarbonyl (C=S) groups is 1. The molecule has 0 atom stereocenters. The molecule has 0 saturated heterocycles. The standard InChI is InChI=1S/C16H12BrClN4O2S2/c1-24-11-3-2-4-12-13(11)19-16(26-12)20-15(25)22-21-14(23)9-6-5-8(18)7-10(9)17/h2-7H,1H3,(H,21,23)(H2,19,20,22,25). The maximum atomic E-state index is 12.2. The first-order valence-electron chi connectivity index (χ1n) is 7.24. The van der Waals surface area contributed by atoms with Gasteiger partial charge < -0.3 is 10.1 Å². The smallest absolute Gasteiger partial charge is 0.270 e. The van der Waals surface area contributed by atoms with E-state index in [9.17, 15) is 4.79 Å². The number of thiazole rings is 1. The van der Waals surface area contributed by atoms with Gasteiger partial charge in [0, 0.05) is 9.50 Å². The summed E-state index contributed by atoms with van der Waals surface area (Å²) in [5.74, 6) is 0.329. The molecule has 1 heterocycles. The molecule has 0 fully saturated rings.